The molecule has 2 amide bonds. The molecule has 2 saturated heterocycles. The van der Waals surface area contributed by atoms with Gasteiger partial charge in [0.2, 0.25) is 0 Å². The van der Waals surface area contributed by atoms with Crippen LogP contribution in [0.25, 0.3) is 0 Å². The molecule has 0 aliphatic carbocycles. The zero-order valence-corrected chi connectivity index (χ0v) is 12.2. The van der Waals surface area contributed by atoms with Gasteiger partial charge in [-0.15, -0.1) is 0 Å². The smallest absolute Gasteiger partial charge is 0.317 e. The zero-order valence-electron chi connectivity index (χ0n) is 12.2. The summed E-state index contributed by atoms with van der Waals surface area (Å²) in [5.74, 6) is -1.45. The van der Waals surface area contributed by atoms with E-state index >= 15 is 0 Å². The second-order valence-corrected chi connectivity index (χ2v) is 5.84. The third kappa shape index (κ3) is 3.36. The van der Waals surface area contributed by atoms with Crippen LogP contribution in [0, 0.1) is 11.6 Å². The molecule has 0 radical (unpaired) electrons. The topological polar surface area (TPSA) is 56.4 Å². The summed E-state index contributed by atoms with van der Waals surface area (Å²) in [6.07, 6.45) is 1.53. The number of likely N-dealkylation sites (tertiary alicyclic amines) is 1. The minimum atomic E-state index is -0.820. The molecule has 2 aliphatic heterocycles. The van der Waals surface area contributed by atoms with Crippen LogP contribution in [0.3, 0.4) is 0 Å². The number of hydrogen-bond donors (Lipinski definition) is 3. The van der Waals surface area contributed by atoms with Crippen molar-refractivity contribution in [3.63, 3.8) is 0 Å². The van der Waals surface area contributed by atoms with Crippen LogP contribution in [0.4, 0.5) is 13.6 Å². The lowest BCUT2D eigenvalue weighted by molar-refractivity contribution is 0.178. The number of amides is 2. The summed E-state index contributed by atoms with van der Waals surface area (Å²) in [6, 6.07) is 4.13. The summed E-state index contributed by atoms with van der Waals surface area (Å²) in [6.45, 7) is 2.69. The van der Waals surface area contributed by atoms with Crippen LogP contribution >= 0.6 is 0 Å². The predicted molar refractivity (Wildman–Crippen MR) is 78.2 cm³/mol. The van der Waals surface area contributed by atoms with Gasteiger partial charge in [0.1, 0.15) is 0 Å². The van der Waals surface area contributed by atoms with Gasteiger partial charge < -0.3 is 10.2 Å². The van der Waals surface area contributed by atoms with E-state index in [1.807, 2.05) is 0 Å². The van der Waals surface area contributed by atoms with Gasteiger partial charge in [-0.05, 0) is 36.5 Å². The van der Waals surface area contributed by atoms with E-state index in [1.54, 1.807) is 11.0 Å². The highest BCUT2D eigenvalue weighted by molar-refractivity contribution is 5.74. The first-order chi connectivity index (χ1) is 10.6. The fourth-order valence-electron chi connectivity index (χ4n) is 3.01. The van der Waals surface area contributed by atoms with Crippen molar-refractivity contribution < 1.29 is 13.6 Å². The summed E-state index contributed by atoms with van der Waals surface area (Å²) in [5.41, 5.74) is 6.75. The van der Waals surface area contributed by atoms with Gasteiger partial charge in [0.05, 0.1) is 6.04 Å². The minimum absolute atomic E-state index is 0.0563. The Bertz CT molecular complexity index is 540. The number of urea groups is 1. The third-order valence-corrected chi connectivity index (χ3v) is 4.35. The Kier molecular flexibility index (Phi) is 4.54. The Labute approximate surface area is 128 Å². The predicted octanol–water partition coefficient (Wildman–Crippen LogP) is 1.33. The minimum Gasteiger partial charge on any atom is -0.333 e. The number of rotatable bonds is 2. The largest absolute Gasteiger partial charge is 0.333 e. The average molecular weight is 310 g/mol. The van der Waals surface area contributed by atoms with Crippen molar-refractivity contribution in [2.45, 2.75) is 24.8 Å². The summed E-state index contributed by atoms with van der Waals surface area (Å²) in [5, 5.41) is 2.97. The number of piperidine rings is 1. The first-order valence-electron chi connectivity index (χ1n) is 7.59. The molecule has 2 aliphatic rings. The summed E-state index contributed by atoms with van der Waals surface area (Å²) < 4.78 is 26.3. The molecule has 1 aromatic rings. The molecule has 120 valence electrons. The molecule has 1 aromatic carbocycles. The van der Waals surface area contributed by atoms with E-state index in [4.69, 9.17) is 0 Å². The lowest BCUT2D eigenvalue weighted by Gasteiger charge is -2.33. The van der Waals surface area contributed by atoms with Gasteiger partial charge in [0.15, 0.2) is 11.6 Å². The number of benzene rings is 1. The fraction of sp³-hybridized carbons (Fsp3) is 0.533. The standard InChI is InChI=1S/C15H20F2N4O/c16-13-2-1-11(7-14(13)17)10-3-5-21(6-4-10)15(22)20-12-8-18-19-9-12/h1-2,7,10,12,18-19H,3-6,8-9H2,(H,20,22). The second-order valence-electron chi connectivity index (χ2n) is 5.84. The van der Waals surface area contributed by atoms with Crippen LogP contribution in [0.15, 0.2) is 18.2 Å². The third-order valence-electron chi connectivity index (χ3n) is 4.35. The fourth-order valence-corrected chi connectivity index (χ4v) is 3.01. The Morgan fingerprint density at radius 2 is 1.82 bits per heavy atom. The van der Waals surface area contributed by atoms with Gasteiger partial charge in [0, 0.05) is 26.2 Å². The van der Waals surface area contributed by atoms with E-state index < -0.39 is 11.6 Å². The number of nitrogens with one attached hydrogen (secondary N) is 3. The molecule has 2 fully saturated rings. The van der Waals surface area contributed by atoms with Crippen LogP contribution in [0.1, 0.15) is 24.3 Å². The van der Waals surface area contributed by atoms with Gasteiger partial charge in [-0.25, -0.2) is 13.6 Å². The molecule has 0 bridgehead atoms. The van der Waals surface area contributed by atoms with E-state index in [2.05, 4.69) is 16.2 Å². The van der Waals surface area contributed by atoms with Crippen molar-refractivity contribution >= 4 is 6.03 Å². The molecule has 3 N–H and O–H groups in total. The van der Waals surface area contributed by atoms with E-state index in [0.717, 1.165) is 31.5 Å². The van der Waals surface area contributed by atoms with E-state index in [-0.39, 0.29) is 18.0 Å². The maximum absolute atomic E-state index is 13.3. The molecular formula is C15H20F2N4O. The molecule has 0 aromatic heterocycles. The number of carbonyl (C=O) groups is 1. The summed E-state index contributed by atoms with van der Waals surface area (Å²) in [7, 11) is 0. The molecular weight excluding hydrogens is 290 g/mol. The Balaban J connectivity index is 1.53. The molecule has 7 heteroatoms. The molecule has 0 atom stereocenters. The van der Waals surface area contributed by atoms with Crippen LogP contribution in [-0.4, -0.2) is 43.2 Å². The highest BCUT2D eigenvalue weighted by atomic mass is 19.2. The molecule has 5 nitrogen and oxygen atoms in total. The van der Waals surface area contributed by atoms with Crippen LogP contribution in [-0.2, 0) is 0 Å². The van der Waals surface area contributed by atoms with E-state index in [1.165, 1.54) is 12.1 Å². The van der Waals surface area contributed by atoms with Crippen LogP contribution in [0.5, 0.6) is 0 Å². The molecule has 0 spiro atoms. The van der Waals surface area contributed by atoms with E-state index in [0.29, 0.717) is 13.1 Å². The first-order valence-corrected chi connectivity index (χ1v) is 7.59. The van der Waals surface area contributed by atoms with Crippen molar-refractivity contribution in [3.8, 4) is 0 Å². The highest BCUT2D eigenvalue weighted by Crippen LogP contribution is 2.28. The van der Waals surface area contributed by atoms with Crippen molar-refractivity contribution in [3.05, 3.63) is 35.4 Å². The Hall–Kier alpha value is -1.73. The highest BCUT2D eigenvalue weighted by Gasteiger charge is 2.26. The van der Waals surface area contributed by atoms with Gasteiger partial charge in [-0.1, -0.05) is 6.07 Å². The monoisotopic (exact) mass is 310 g/mol. The maximum Gasteiger partial charge on any atom is 0.317 e. The number of hydrogen-bond acceptors (Lipinski definition) is 3. The van der Waals surface area contributed by atoms with Crippen LogP contribution in [0.2, 0.25) is 0 Å². The van der Waals surface area contributed by atoms with Crippen molar-refractivity contribution in [2.24, 2.45) is 0 Å². The molecule has 22 heavy (non-hydrogen) atoms. The lowest BCUT2D eigenvalue weighted by Crippen LogP contribution is -2.49. The maximum atomic E-state index is 13.3. The summed E-state index contributed by atoms with van der Waals surface area (Å²) in [4.78, 5) is 13.9. The van der Waals surface area contributed by atoms with Gasteiger partial charge in [0.25, 0.3) is 0 Å². The second kappa shape index (κ2) is 6.58. The van der Waals surface area contributed by atoms with Gasteiger partial charge in [-0.3, -0.25) is 10.9 Å². The van der Waals surface area contributed by atoms with Crippen molar-refractivity contribution in [1.29, 1.82) is 0 Å². The zero-order chi connectivity index (χ0) is 15.5. The average Bonchev–Trinajstić information content (AvgIpc) is 3.03. The number of hydrazine groups is 1. The quantitative estimate of drug-likeness (QED) is 0.772. The SMILES string of the molecule is O=C(NC1CNNC1)N1CCC(c2ccc(F)c(F)c2)CC1. The van der Waals surface area contributed by atoms with Gasteiger partial charge in [-0.2, -0.15) is 0 Å². The number of halogens is 2. The number of carbonyl (C=O) groups excluding carboxylic acids is 1. The Morgan fingerprint density at radius 3 is 2.45 bits per heavy atom. The molecule has 3 rings (SSSR count). The molecule has 0 unspecified atom stereocenters. The van der Waals surface area contributed by atoms with Crippen molar-refractivity contribution in [2.75, 3.05) is 26.2 Å². The normalized spacial score (nSPS) is 20.4. The van der Waals surface area contributed by atoms with Crippen molar-refractivity contribution in [1.82, 2.24) is 21.1 Å². The summed E-state index contributed by atoms with van der Waals surface area (Å²) >= 11 is 0. The van der Waals surface area contributed by atoms with Crippen LogP contribution < -0.4 is 16.2 Å². The first kappa shape index (κ1) is 15.2. The Morgan fingerprint density at radius 1 is 1.14 bits per heavy atom. The van der Waals surface area contributed by atoms with E-state index in [9.17, 15) is 13.6 Å². The number of nitrogens with zero attached hydrogens (tertiary/aromatic N) is 1. The molecule has 0 saturated carbocycles. The molecule has 2 heterocycles. The lowest BCUT2D eigenvalue weighted by atomic mass is 9.89. The van der Waals surface area contributed by atoms with Gasteiger partial charge >= 0.3 is 6.03 Å².